The molecule has 1 fully saturated rings. The lowest BCUT2D eigenvalue weighted by Crippen LogP contribution is -2.31. The van der Waals surface area contributed by atoms with Crippen molar-refractivity contribution in [2.24, 2.45) is 0 Å². The first-order valence-electron chi connectivity index (χ1n) is 7.18. The summed E-state index contributed by atoms with van der Waals surface area (Å²) in [5, 5.41) is 7.32. The second-order valence-corrected chi connectivity index (χ2v) is 5.45. The van der Waals surface area contributed by atoms with Crippen molar-refractivity contribution in [1.82, 2.24) is 15.5 Å². The van der Waals surface area contributed by atoms with Gasteiger partial charge in [0.05, 0.1) is 19.1 Å². The van der Waals surface area contributed by atoms with Gasteiger partial charge in [0.25, 0.3) is 0 Å². The average Bonchev–Trinajstić information content (AvgIpc) is 3.23. The second kappa shape index (κ2) is 5.13. The molecule has 6 nitrogen and oxygen atoms in total. The number of nitrogens with zero attached hydrogens (tertiary/aromatic N) is 2. The van der Waals surface area contributed by atoms with E-state index in [0.29, 0.717) is 24.9 Å². The Kier molecular flexibility index (Phi) is 3.12. The molecule has 0 amide bonds. The van der Waals surface area contributed by atoms with Crippen LogP contribution in [-0.4, -0.2) is 36.4 Å². The van der Waals surface area contributed by atoms with Gasteiger partial charge in [0.1, 0.15) is 5.75 Å². The lowest BCUT2D eigenvalue weighted by atomic mass is 10.0. The topological polar surface area (TPSA) is 69.4 Å². The number of rotatable bonds is 3. The molecule has 1 aromatic heterocycles. The van der Waals surface area contributed by atoms with Crippen LogP contribution in [0.15, 0.2) is 28.8 Å². The molecule has 2 aliphatic rings. The highest BCUT2D eigenvalue weighted by Gasteiger charge is 2.35. The molecule has 6 heteroatoms. The summed E-state index contributed by atoms with van der Waals surface area (Å²) in [5.41, 5.74) is 1.19. The van der Waals surface area contributed by atoms with Crippen LogP contribution in [0.3, 0.4) is 0 Å². The first-order chi connectivity index (χ1) is 10.3. The van der Waals surface area contributed by atoms with E-state index in [4.69, 9.17) is 14.0 Å². The number of para-hydroxylation sites is 1. The number of nitrogens with one attached hydrogen (secondary N) is 1. The van der Waals surface area contributed by atoms with Gasteiger partial charge in [-0.05, 0) is 18.7 Å². The zero-order valence-electron chi connectivity index (χ0n) is 11.8. The second-order valence-electron chi connectivity index (χ2n) is 5.45. The van der Waals surface area contributed by atoms with Gasteiger partial charge in [0.15, 0.2) is 6.10 Å². The maximum atomic E-state index is 5.89. The number of hydrogen-bond donors (Lipinski definition) is 1. The Morgan fingerprint density at radius 3 is 3.00 bits per heavy atom. The van der Waals surface area contributed by atoms with Crippen LogP contribution in [-0.2, 0) is 11.2 Å². The summed E-state index contributed by atoms with van der Waals surface area (Å²) in [7, 11) is 1.92. The lowest BCUT2D eigenvalue weighted by molar-refractivity contribution is 0.185. The predicted octanol–water partition coefficient (Wildman–Crippen LogP) is 1.45. The van der Waals surface area contributed by atoms with Gasteiger partial charge in [0.2, 0.25) is 11.7 Å². The maximum Gasteiger partial charge on any atom is 0.233 e. The minimum Gasteiger partial charge on any atom is -0.482 e. The number of ether oxygens (including phenoxy) is 2. The van der Waals surface area contributed by atoms with Crippen LogP contribution in [0.5, 0.6) is 5.75 Å². The Balaban J connectivity index is 1.53. The number of fused-ring (bicyclic) bond motifs is 1. The van der Waals surface area contributed by atoms with E-state index in [1.165, 1.54) is 5.56 Å². The molecule has 0 saturated carbocycles. The smallest absolute Gasteiger partial charge is 0.233 e. The van der Waals surface area contributed by atoms with Crippen molar-refractivity contribution in [2.45, 2.75) is 24.5 Å². The van der Waals surface area contributed by atoms with Crippen molar-refractivity contribution < 1.29 is 14.0 Å². The van der Waals surface area contributed by atoms with Gasteiger partial charge in [0, 0.05) is 12.5 Å². The van der Waals surface area contributed by atoms with Crippen molar-refractivity contribution >= 4 is 0 Å². The minimum atomic E-state index is -0.157. The predicted molar refractivity (Wildman–Crippen MR) is 74.2 cm³/mol. The van der Waals surface area contributed by atoms with Crippen molar-refractivity contribution in [3.05, 3.63) is 41.5 Å². The van der Waals surface area contributed by atoms with E-state index >= 15 is 0 Å². The molecule has 4 rings (SSSR count). The SMILES string of the molecule is CNC1COCC1c1nc(C2Cc3ccccc3O2)no1. The van der Waals surface area contributed by atoms with Crippen molar-refractivity contribution in [3.63, 3.8) is 0 Å². The Bertz CT molecular complexity index is 618. The van der Waals surface area contributed by atoms with Gasteiger partial charge in [-0.25, -0.2) is 0 Å². The minimum absolute atomic E-state index is 0.111. The van der Waals surface area contributed by atoms with Gasteiger partial charge in [-0.2, -0.15) is 4.98 Å². The first kappa shape index (κ1) is 12.8. The van der Waals surface area contributed by atoms with E-state index in [1.54, 1.807) is 0 Å². The fourth-order valence-corrected chi connectivity index (χ4v) is 2.94. The standard InChI is InChI=1S/C15H17N3O3/c1-16-11-8-19-7-10(11)15-17-14(18-21-15)13-6-9-4-2-3-5-12(9)20-13/h2-5,10-11,13,16H,6-8H2,1H3. The Morgan fingerprint density at radius 2 is 2.14 bits per heavy atom. The molecule has 1 aromatic carbocycles. The molecule has 0 spiro atoms. The van der Waals surface area contributed by atoms with Gasteiger partial charge in [-0.3, -0.25) is 0 Å². The molecular formula is C15H17N3O3. The van der Waals surface area contributed by atoms with Gasteiger partial charge in [-0.1, -0.05) is 23.4 Å². The number of benzene rings is 1. The average molecular weight is 287 g/mol. The van der Waals surface area contributed by atoms with Crippen molar-refractivity contribution in [3.8, 4) is 5.75 Å². The molecule has 21 heavy (non-hydrogen) atoms. The van der Waals surface area contributed by atoms with E-state index in [9.17, 15) is 0 Å². The Hall–Kier alpha value is -1.92. The summed E-state index contributed by atoms with van der Waals surface area (Å²) in [5.74, 6) is 2.26. The maximum absolute atomic E-state index is 5.89. The van der Waals surface area contributed by atoms with E-state index in [-0.39, 0.29) is 18.1 Å². The molecule has 0 bridgehead atoms. The van der Waals surface area contributed by atoms with Crippen LogP contribution >= 0.6 is 0 Å². The first-order valence-corrected chi connectivity index (χ1v) is 7.18. The number of aromatic nitrogens is 2. The summed E-state index contributed by atoms with van der Waals surface area (Å²) < 4.78 is 16.8. The van der Waals surface area contributed by atoms with Gasteiger partial charge < -0.3 is 19.3 Å². The molecular weight excluding hydrogens is 270 g/mol. The van der Waals surface area contributed by atoms with E-state index in [1.807, 2.05) is 25.2 Å². The highest BCUT2D eigenvalue weighted by atomic mass is 16.5. The summed E-state index contributed by atoms with van der Waals surface area (Å²) in [6.45, 7) is 1.28. The summed E-state index contributed by atoms with van der Waals surface area (Å²) in [6.07, 6.45) is 0.626. The normalized spacial score (nSPS) is 27.6. The number of likely N-dealkylation sites (N-methyl/N-ethyl adjacent to an activating group) is 1. The van der Waals surface area contributed by atoms with Crippen LogP contribution in [0, 0.1) is 0 Å². The van der Waals surface area contributed by atoms with Crippen LogP contribution in [0.25, 0.3) is 0 Å². The Morgan fingerprint density at radius 1 is 1.24 bits per heavy atom. The van der Waals surface area contributed by atoms with Crippen LogP contribution < -0.4 is 10.1 Å². The molecule has 1 N–H and O–H groups in total. The fraction of sp³-hybridized carbons (Fsp3) is 0.467. The zero-order valence-corrected chi connectivity index (χ0v) is 11.8. The van der Waals surface area contributed by atoms with E-state index in [0.717, 1.165) is 12.2 Å². The zero-order chi connectivity index (χ0) is 14.2. The third-order valence-electron chi connectivity index (χ3n) is 4.16. The molecule has 2 aromatic rings. The third-order valence-corrected chi connectivity index (χ3v) is 4.16. The molecule has 3 heterocycles. The highest BCUT2D eigenvalue weighted by molar-refractivity contribution is 5.37. The summed E-state index contributed by atoms with van der Waals surface area (Å²) in [4.78, 5) is 4.53. The summed E-state index contributed by atoms with van der Waals surface area (Å²) >= 11 is 0. The third kappa shape index (κ3) is 2.20. The van der Waals surface area contributed by atoms with E-state index in [2.05, 4.69) is 21.5 Å². The van der Waals surface area contributed by atoms with Crippen molar-refractivity contribution in [1.29, 1.82) is 0 Å². The van der Waals surface area contributed by atoms with Gasteiger partial charge in [-0.15, -0.1) is 0 Å². The largest absolute Gasteiger partial charge is 0.482 e. The highest BCUT2D eigenvalue weighted by Crippen LogP contribution is 2.36. The molecule has 3 atom stereocenters. The molecule has 2 aliphatic heterocycles. The Labute approximate surface area is 122 Å². The van der Waals surface area contributed by atoms with Crippen LogP contribution in [0.1, 0.15) is 29.3 Å². The molecule has 1 saturated heterocycles. The van der Waals surface area contributed by atoms with Crippen LogP contribution in [0.4, 0.5) is 0 Å². The molecule has 110 valence electrons. The van der Waals surface area contributed by atoms with Crippen LogP contribution in [0.2, 0.25) is 0 Å². The molecule has 0 aliphatic carbocycles. The number of hydrogen-bond acceptors (Lipinski definition) is 6. The quantitative estimate of drug-likeness (QED) is 0.921. The summed E-state index contributed by atoms with van der Waals surface area (Å²) in [6, 6.07) is 8.24. The van der Waals surface area contributed by atoms with E-state index < -0.39 is 0 Å². The molecule has 3 unspecified atom stereocenters. The lowest BCUT2D eigenvalue weighted by Gasteiger charge is -2.11. The molecule has 0 radical (unpaired) electrons. The fourth-order valence-electron chi connectivity index (χ4n) is 2.94. The van der Waals surface area contributed by atoms with Crippen molar-refractivity contribution in [2.75, 3.05) is 20.3 Å². The van der Waals surface area contributed by atoms with Gasteiger partial charge >= 0.3 is 0 Å². The monoisotopic (exact) mass is 287 g/mol.